The number of aliphatic hydroxyl groups excluding tert-OH is 1. The number of piperazine rings is 1. The third-order valence-electron chi connectivity index (χ3n) is 15.0. The number of hydrogen-bond acceptors (Lipinski definition) is 16. The summed E-state index contributed by atoms with van der Waals surface area (Å²) in [5, 5.41) is 32.7. The first-order valence-electron chi connectivity index (χ1n) is 27.5. The zero-order valence-electron chi connectivity index (χ0n) is 46.3. The Hall–Kier alpha value is -6.10. The molecule has 0 spiro atoms. The number of carbonyl (C=O) groups is 3. The van der Waals surface area contributed by atoms with Crippen molar-refractivity contribution in [3.63, 3.8) is 0 Å². The topological polar surface area (TPSA) is 213 Å². The number of phenols is 1. The molecule has 18 nitrogen and oxygen atoms in total. The van der Waals surface area contributed by atoms with Gasteiger partial charge in [0.25, 0.3) is 0 Å². The largest absolute Gasteiger partial charge is 0.508 e. The smallest absolute Gasteiger partial charge is 0.319 e. The molecule has 4 aromatic carbocycles. The number of likely N-dealkylation sites (tertiary alicyclic amines) is 2. The number of anilines is 1. The zero-order valence-corrected chi connectivity index (χ0v) is 47.9. The Morgan fingerprint density at radius 1 is 0.925 bits per heavy atom. The summed E-state index contributed by atoms with van der Waals surface area (Å²) in [6, 6.07) is 18.1. The minimum absolute atomic E-state index is 0.00194. The fourth-order valence-corrected chi connectivity index (χ4v) is 11.9. The summed E-state index contributed by atoms with van der Waals surface area (Å²) in [4.78, 5) is 61.7. The highest BCUT2D eigenvalue weighted by Crippen LogP contribution is 2.43. The number of amides is 3. The SMILES string of the molecule is Cc1ncsc1-c1ccc(C(C)NC(=O)[C@@H]2C[C@@H](O)CN2C(=O)C(NC(=O)COCCOCCOC2CCN(CC(C)Oc3nc(N4CCNCC4)c4cc(Cl)c(-c5cc(O)cc6ccccc56)c(F)c4n3)CC2)C(C)(C)C)cc1. The Balaban J connectivity index is 0.693. The van der Waals surface area contributed by atoms with Gasteiger partial charge in [0, 0.05) is 69.7 Å². The average molecular weight is 1140 g/mol. The molecule has 80 heavy (non-hydrogen) atoms. The van der Waals surface area contributed by atoms with Gasteiger partial charge >= 0.3 is 6.01 Å². The van der Waals surface area contributed by atoms with Crippen LogP contribution in [0.15, 0.2) is 72.2 Å². The number of aromatic nitrogens is 3. The lowest BCUT2D eigenvalue weighted by Gasteiger charge is -2.35. The molecule has 3 unspecified atom stereocenters. The standard InChI is InChI=1S/C59H73ClFN9O9S/c1-35(79-58-66-52-46(55(67-58)69-21-17-62-18-22-69)30-47(60)50(51(52)61)45-28-41(71)27-40-9-7-8-10-44(40)45)31-68-19-15-43(16-20-68)78-26-25-76-23-24-77-33-49(73)65-54(59(4,5)6)57(75)70-32-42(72)29-48(70)56(74)64-36(2)38-11-13-39(14-12-38)53-37(3)63-34-80-53/h7-14,27-28,30,34-36,42-43,48,54,62,71-72H,15-26,29,31-33H2,1-6H3,(H,64,74)(H,65,73)/t35?,36?,42-,48+,54?/m1/s1. The molecular weight excluding hydrogens is 1070 g/mol. The highest BCUT2D eigenvalue weighted by Gasteiger charge is 2.45. The molecule has 0 radical (unpaired) electrons. The van der Waals surface area contributed by atoms with Crippen molar-refractivity contribution in [2.24, 2.45) is 5.41 Å². The van der Waals surface area contributed by atoms with Gasteiger partial charge in [-0.2, -0.15) is 9.97 Å². The number of β-amino-alcohol motifs (C(OH)–C–C–N with tert-alkyl or cyclic N) is 1. The maximum Gasteiger partial charge on any atom is 0.319 e. The van der Waals surface area contributed by atoms with Crippen LogP contribution in [0.5, 0.6) is 11.8 Å². The van der Waals surface area contributed by atoms with E-state index in [1.807, 2.05) is 95.6 Å². The summed E-state index contributed by atoms with van der Waals surface area (Å²) >= 11 is 8.47. The molecule has 3 amide bonds. The van der Waals surface area contributed by atoms with E-state index in [-0.39, 0.29) is 84.8 Å². The first-order valence-corrected chi connectivity index (χ1v) is 28.8. The first kappa shape index (κ1) is 58.6. The van der Waals surface area contributed by atoms with E-state index in [0.29, 0.717) is 49.6 Å². The highest BCUT2D eigenvalue weighted by molar-refractivity contribution is 7.13. The molecule has 5 heterocycles. The van der Waals surface area contributed by atoms with Gasteiger partial charge in [0.2, 0.25) is 17.7 Å². The Bertz CT molecular complexity index is 3130. The quantitative estimate of drug-likeness (QED) is 0.0443. The number of aliphatic hydroxyl groups is 1. The van der Waals surface area contributed by atoms with Crippen molar-refractivity contribution in [3.8, 4) is 33.3 Å². The van der Waals surface area contributed by atoms with E-state index in [4.69, 9.17) is 35.5 Å². The molecule has 3 fully saturated rings. The summed E-state index contributed by atoms with van der Waals surface area (Å²) in [6.07, 6.45) is 0.558. The Labute approximate surface area is 475 Å². The number of phenolic OH excluding ortho intramolecular Hbond substituents is 1. The maximum atomic E-state index is 17.0. The number of thiazole rings is 1. The van der Waals surface area contributed by atoms with Crippen LogP contribution in [0.1, 0.15) is 71.2 Å². The predicted octanol–water partition coefficient (Wildman–Crippen LogP) is 7.44. The van der Waals surface area contributed by atoms with E-state index in [2.05, 4.69) is 35.7 Å². The van der Waals surface area contributed by atoms with Crippen molar-refractivity contribution in [1.29, 1.82) is 0 Å². The van der Waals surface area contributed by atoms with Crippen molar-refractivity contribution in [2.45, 2.75) is 97.2 Å². The number of aromatic hydroxyl groups is 1. The van der Waals surface area contributed by atoms with Gasteiger partial charge in [-0.3, -0.25) is 19.3 Å². The second-order valence-corrected chi connectivity index (χ2v) is 23.3. The summed E-state index contributed by atoms with van der Waals surface area (Å²) in [7, 11) is 0. The molecule has 0 saturated carbocycles. The number of halogens is 2. The molecule has 2 aromatic heterocycles. The fourth-order valence-electron chi connectivity index (χ4n) is 10.8. The van der Waals surface area contributed by atoms with Crippen molar-refractivity contribution in [2.75, 3.05) is 90.3 Å². The van der Waals surface area contributed by atoms with Crippen LogP contribution in [-0.4, -0.2) is 168 Å². The van der Waals surface area contributed by atoms with Crippen LogP contribution >= 0.6 is 22.9 Å². The summed E-state index contributed by atoms with van der Waals surface area (Å²) < 4.78 is 40.9. The number of aryl methyl sites for hydroxylation is 1. The van der Waals surface area contributed by atoms with E-state index >= 15 is 4.39 Å². The summed E-state index contributed by atoms with van der Waals surface area (Å²) in [6.45, 7) is 17.1. The molecule has 3 aliphatic heterocycles. The number of ether oxygens (including phenoxy) is 4. The van der Waals surface area contributed by atoms with E-state index < -0.39 is 41.2 Å². The van der Waals surface area contributed by atoms with Crippen LogP contribution in [0.25, 0.3) is 43.2 Å². The number of nitrogens with one attached hydrogen (secondary N) is 3. The molecule has 6 aromatic rings. The van der Waals surface area contributed by atoms with Crippen LogP contribution in [0.4, 0.5) is 10.2 Å². The highest BCUT2D eigenvalue weighted by atomic mass is 35.5. The second kappa shape index (κ2) is 26.2. The summed E-state index contributed by atoms with van der Waals surface area (Å²) in [5.74, 6) is -1.39. The van der Waals surface area contributed by atoms with Gasteiger partial charge in [-0.25, -0.2) is 9.37 Å². The van der Waals surface area contributed by atoms with Gasteiger partial charge in [0.1, 0.15) is 41.9 Å². The third kappa shape index (κ3) is 14.1. The van der Waals surface area contributed by atoms with E-state index in [1.165, 1.54) is 11.0 Å². The lowest BCUT2D eigenvalue weighted by molar-refractivity contribution is -0.144. The monoisotopic (exact) mass is 1140 g/mol. The number of rotatable bonds is 21. The van der Waals surface area contributed by atoms with Gasteiger partial charge in [-0.15, -0.1) is 11.3 Å². The number of benzene rings is 4. The Kier molecular flexibility index (Phi) is 19.2. The fraction of sp³-hybridized carbons (Fsp3) is 0.492. The number of hydrogen-bond donors (Lipinski definition) is 5. The van der Waals surface area contributed by atoms with Gasteiger partial charge in [0.15, 0.2) is 5.82 Å². The molecular formula is C59H73ClFN9O9S. The van der Waals surface area contributed by atoms with Crippen LogP contribution in [-0.2, 0) is 28.6 Å². The molecule has 0 aliphatic carbocycles. The van der Waals surface area contributed by atoms with Crippen molar-refractivity contribution in [3.05, 3.63) is 94.3 Å². The Morgan fingerprint density at radius 2 is 1.65 bits per heavy atom. The molecule has 428 valence electrons. The Morgan fingerprint density at radius 3 is 2.38 bits per heavy atom. The van der Waals surface area contributed by atoms with Crippen LogP contribution in [0.3, 0.4) is 0 Å². The van der Waals surface area contributed by atoms with Gasteiger partial charge in [-0.1, -0.05) is 80.9 Å². The maximum absolute atomic E-state index is 17.0. The lowest BCUT2D eigenvalue weighted by atomic mass is 9.85. The number of carbonyl (C=O) groups excluding carboxylic acids is 3. The van der Waals surface area contributed by atoms with Crippen LogP contribution in [0.2, 0.25) is 5.02 Å². The first-order chi connectivity index (χ1) is 38.4. The summed E-state index contributed by atoms with van der Waals surface area (Å²) in [5.41, 5.74) is 4.68. The molecule has 21 heteroatoms. The van der Waals surface area contributed by atoms with Crippen molar-refractivity contribution < 1.29 is 47.9 Å². The van der Waals surface area contributed by atoms with E-state index in [1.54, 1.807) is 23.5 Å². The van der Waals surface area contributed by atoms with Gasteiger partial charge in [-0.05, 0) is 84.7 Å². The molecule has 9 rings (SSSR count). The molecule has 5 N–H and O–H groups in total. The number of nitrogens with zero attached hydrogens (tertiary/aromatic N) is 6. The molecule has 3 aliphatic rings. The third-order valence-corrected chi connectivity index (χ3v) is 16.3. The minimum Gasteiger partial charge on any atom is -0.508 e. The average Bonchev–Trinajstić information content (AvgIpc) is 4.20. The van der Waals surface area contributed by atoms with Gasteiger partial charge in [0.05, 0.1) is 65.8 Å². The number of piperidine rings is 1. The van der Waals surface area contributed by atoms with E-state index in [9.17, 15) is 24.6 Å². The van der Waals surface area contributed by atoms with Crippen molar-refractivity contribution in [1.82, 2.24) is 40.7 Å². The zero-order chi connectivity index (χ0) is 56.7. The molecule has 3 saturated heterocycles. The van der Waals surface area contributed by atoms with Gasteiger partial charge < -0.3 is 54.9 Å². The normalized spacial score (nSPS) is 18.6. The molecule has 5 atom stereocenters. The predicted molar refractivity (Wildman–Crippen MR) is 308 cm³/mol. The van der Waals surface area contributed by atoms with Crippen LogP contribution in [0, 0.1) is 18.2 Å². The minimum atomic E-state index is -0.985. The van der Waals surface area contributed by atoms with E-state index in [0.717, 1.165) is 71.5 Å². The van der Waals surface area contributed by atoms with Crippen LogP contribution < -0.4 is 25.6 Å². The van der Waals surface area contributed by atoms with Crippen molar-refractivity contribution >= 4 is 68.2 Å². The molecule has 0 bridgehead atoms. The second-order valence-electron chi connectivity index (χ2n) is 22.1. The number of fused-ring (bicyclic) bond motifs is 2. The lowest BCUT2D eigenvalue weighted by Crippen LogP contribution is -2.58.